The highest BCUT2D eigenvalue weighted by Crippen LogP contribution is 2.39. The van der Waals surface area contributed by atoms with Crippen molar-refractivity contribution in [3.63, 3.8) is 0 Å². The molecule has 132 valence electrons. The first-order chi connectivity index (χ1) is 12.8. The van der Waals surface area contributed by atoms with E-state index in [1.54, 1.807) is 0 Å². The van der Waals surface area contributed by atoms with Gasteiger partial charge in [-0.2, -0.15) is 5.10 Å². The van der Waals surface area contributed by atoms with Crippen LogP contribution >= 0.6 is 22.6 Å². The lowest BCUT2D eigenvalue weighted by Gasteiger charge is -2.09. The van der Waals surface area contributed by atoms with Crippen molar-refractivity contribution in [2.45, 2.75) is 19.3 Å². The zero-order valence-electron chi connectivity index (χ0n) is 14.2. The van der Waals surface area contributed by atoms with Crippen LogP contribution in [0.25, 0.3) is 16.9 Å². The van der Waals surface area contributed by atoms with Gasteiger partial charge in [0.2, 0.25) is 6.79 Å². The minimum atomic E-state index is 0.287. The highest BCUT2D eigenvalue weighted by atomic mass is 127. The fourth-order valence-corrected chi connectivity index (χ4v) is 3.91. The number of nitrogens with one attached hydrogen (secondary N) is 1. The molecule has 0 saturated carbocycles. The largest absolute Gasteiger partial charge is 0.454 e. The Kier molecular flexibility index (Phi) is 4.00. The van der Waals surface area contributed by atoms with E-state index in [1.807, 2.05) is 16.8 Å². The van der Waals surface area contributed by atoms with E-state index >= 15 is 0 Å². The number of nitrogens with zero attached hydrogens (tertiary/aromatic N) is 2. The van der Waals surface area contributed by atoms with Gasteiger partial charge in [0.1, 0.15) is 5.82 Å². The van der Waals surface area contributed by atoms with Crippen molar-refractivity contribution >= 4 is 28.4 Å². The fraction of sp³-hybridized carbons (Fsp3) is 0.250. The van der Waals surface area contributed by atoms with Gasteiger partial charge in [-0.15, -0.1) is 0 Å². The van der Waals surface area contributed by atoms with Crippen molar-refractivity contribution in [2.24, 2.45) is 0 Å². The number of aromatic nitrogens is 2. The molecule has 3 heterocycles. The third-order valence-corrected chi connectivity index (χ3v) is 5.57. The van der Waals surface area contributed by atoms with Crippen LogP contribution in [-0.4, -0.2) is 23.1 Å². The molecule has 0 bridgehead atoms. The van der Waals surface area contributed by atoms with Crippen molar-refractivity contribution in [3.05, 3.63) is 51.6 Å². The molecule has 2 aliphatic heterocycles. The van der Waals surface area contributed by atoms with Crippen molar-refractivity contribution in [1.29, 1.82) is 0 Å². The van der Waals surface area contributed by atoms with E-state index < -0.39 is 0 Å². The van der Waals surface area contributed by atoms with Crippen LogP contribution in [-0.2, 0) is 6.42 Å². The summed E-state index contributed by atoms with van der Waals surface area (Å²) < 4.78 is 14.3. The Hall–Kier alpha value is -2.22. The SMILES string of the molecule is Ic1ccc(-n2nc(-c3ccc4c(c3)OCO4)c3c2NCCCC3)cc1. The zero-order chi connectivity index (χ0) is 17.5. The summed E-state index contributed by atoms with van der Waals surface area (Å²) in [6, 6.07) is 14.5. The van der Waals surface area contributed by atoms with Crippen LogP contribution in [0, 0.1) is 3.57 Å². The molecule has 1 N–H and O–H groups in total. The number of rotatable bonds is 2. The maximum Gasteiger partial charge on any atom is 0.231 e. The lowest BCUT2D eigenvalue weighted by Crippen LogP contribution is -2.07. The van der Waals surface area contributed by atoms with Gasteiger partial charge in [0, 0.05) is 21.2 Å². The van der Waals surface area contributed by atoms with Gasteiger partial charge in [-0.1, -0.05) is 0 Å². The summed E-state index contributed by atoms with van der Waals surface area (Å²) in [5.41, 5.74) is 4.44. The molecule has 0 fully saturated rings. The summed E-state index contributed by atoms with van der Waals surface area (Å²) in [4.78, 5) is 0. The van der Waals surface area contributed by atoms with E-state index in [9.17, 15) is 0 Å². The van der Waals surface area contributed by atoms with Crippen LogP contribution in [0.3, 0.4) is 0 Å². The smallest absolute Gasteiger partial charge is 0.231 e. The summed E-state index contributed by atoms with van der Waals surface area (Å²) in [5, 5.41) is 8.58. The van der Waals surface area contributed by atoms with E-state index in [0.29, 0.717) is 0 Å². The molecule has 0 unspecified atom stereocenters. The molecule has 1 aromatic heterocycles. The second-order valence-corrected chi connectivity index (χ2v) is 7.76. The van der Waals surface area contributed by atoms with Crippen molar-refractivity contribution in [2.75, 3.05) is 18.7 Å². The quantitative estimate of drug-likeness (QED) is 0.569. The fourth-order valence-electron chi connectivity index (χ4n) is 3.55. The number of ether oxygens (including phenoxy) is 2. The second-order valence-electron chi connectivity index (χ2n) is 6.52. The van der Waals surface area contributed by atoms with Crippen LogP contribution in [0.5, 0.6) is 11.5 Å². The molecule has 5 nitrogen and oxygen atoms in total. The van der Waals surface area contributed by atoms with Gasteiger partial charge in [-0.3, -0.25) is 0 Å². The summed E-state index contributed by atoms with van der Waals surface area (Å²) in [6.45, 7) is 1.26. The van der Waals surface area contributed by atoms with Crippen molar-refractivity contribution < 1.29 is 9.47 Å². The van der Waals surface area contributed by atoms with Gasteiger partial charge in [-0.25, -0.2) is 4.68 Å². The van der Waals surface area contributed by atoms with Gasteiger partial charge in [0.05, 0.1) is 11.4 Å². The van der Waals surface area contributed by atoms with Gasteiger partial charge in [0.25, 0.3) is 0 Å². The predicted molar refractivity (Wildman–Crippen MR) is 109 cm³/mol. The van der Waals surface area contributed by atoms with Gasteiger partial charge in [0.15, 0.2) is 11.5 Å². The highest BCUT2D eigenvalue weighted by Gasteiger charge is 2.23. The molecular formula is C20H18IN3O2. The normalized spacial score (nSPS) is 15.3. The first-order valence-electron chi connectivity index (χ1n) is 8.81. The number of fused-ring (bicyclic) bond motifs is 2. The van der Waals surface area contributed by atoms with E-state index in [1.165, 1.54) is 15.6 Å². The first-order valence-corrected chi connectivity index (χ1v) is 9.89. The maximum atomic E-state index is 5.56. The molecule has 0 amide bonds. The molecule has 0 aliphatic carbocycles. The van der Waals surface area contributed by atoms with Gasteiger partial charge in [-0.05, 0) is 84.3 Å². The maximum absolute atomic E-state index is 5.56. The first kappa shape index (κ1) is 16.0. The monoisotopic (exact) mass is 459 g/mol. The molecular weight excluding hydrogens is 441 g/mol. The molecule has 0 radical (unpaired) electrons. The highest BCUT2D eigenvalue weighted by molar-refractivity contribution is 14.1. The number of benzene rings is 2. The van der Waals surface area contributed by atoms with Crippen molar-refractivity contribution in [3.8, 4) is 28.4 Å². The molecule has 3 aromatic rings. The Morgan fingerprint density at radius 2 is 1.85 bits per heavy atom. The number of hydrogen-bond donors (Lipinski definition) is 1. The summed E-state index contributed by atoms with van der Waals surface area (Å²) in [7, 11) is 0. The van der Waals surface area contributed by atoms with E-state index in [0.717, 1.165) is 53.6 Å². The second kappa shape index (κ2) is 6.50. The summed E-state index contributed by atoms with van der Waals surface area (Å²) in [5.74, 6) is 2.70. The Balaban J connectivity index is 1.67. The molecule has 6 heteroatoms. The van der Waals surface area contributed by atoms with Crippen LogP contribution in [0.2, 0.25) is 0 Å². The number of hydrogen-bond acceptors (Lipinski definition) is 4. The lowest BCUT2D eigenvalue weighted by molar-refractivity contribution is 0.174. The molecule has 0 spiro atoms. The zero-order valence-corrected chi connectivity index (χ0v) is 16.3. The molecule has 5 rings (SSSR count). The topological polar surface area (TPSA) is 48.3 Å². The Bertz CT molecular complexity index is 966. The van der Waals surface area contributed by atoms with Crippen molar-refractivity contribution in [1.82, 2.24) is 9.78 Å². The Labute approximate surface area is 165 Å². The predicted octanol–water partition coefficient (Wildman–Crippen LogP) is 4.62. The third-order valence-electron chi connectivity index (χ3n) is 4.85. The third kappa shape index (κ3) is 2.72. The molecule has 2 aromatic carbocycles. The number of halogens is 1. The lowest BCUT2D eigenvalue weighted by atomic mass is 10.0. The molecule has 26 heavy (non-hydrogen) atoms. The minimum Gasteiger partial charge on any atom is -0.454 e. The Morgan fingerprint density at radius 1 is 1.00 bits per heavy atom. The van der Waals surface area contributed by atoms with E-state index in [-0.39, 0.29) is 6.79 Å². The van der Waals surface area contributed by atoms with Crippen LogP contribution in [0.1, 0.15) is 18.4 Å². The van der Waals surface area contributed by atoms with E-state index in [2.05, 4.69) is 58.2 Å². The van der Waals surface area contributed by atoms with Gasteiger partial charge >= 0.3 is 0 Å². The van der Waals surface area contributed by atoms with Crippen LogP contribution in [0.4, 0.5) is 5.82 Å². The van der Waals surface area contributed by atoms with Gasteiger partial charge < -0.3 is 14.8 Å². The molecule has 0 saturated heterocycles. The molecule has 2 aliphatic rings. The molecule has 0 atom stereocenters. The van der Waals surface area contributed by atoms with E-state index in [4.69, 9.17) is 14.6 Å². The Morgan fingerprint density at radius 3 is 2.73 bits per heavy atom. The van der Waals surface area contributed by atoms with Crippen LogP contribution < -0.4 is 14.8 Å². The average Bonchev–Trinajstić information content (AvgIpc) is 3.19. The summed E-state index contributed by atoms with van der Waals surface area (Å²) in [6.07, 6.45) is 3.36. The van der Waals surface area contributed by atoms with Crippen LogP contribution in [0.15, 0.2) is 42.5 Å². The average molecular weight is 459 g/mol. The number of anilines is 1. The summed E-state index contributed by atoms with van der Waals surface area (Å²) >= 11 is 2.33. The standard InChI is InChI=1S/C20H18IN3O2/c21-14-5-7-15(8-6-14)24-20-16(3-1-2-10-22-20)19(23-24)13-4-9-17-18(11-13)26-12-25-17/h4-9,11,22H,1-3,10,12H2. The minimum absolute atomic E-state index is 0.287.